The van der Waals surface area contributed by atoms with Crippen LogP contribution < -0.4 is 10.2 Å². The average Bonchev–Trinajstić information content (AvgIpc) is 2.47. The summed E-state index contributed by atoms with van der Waals surface area (Å²) in [7, 11) is 0. The summed E-state index contributed by atoms with van der Waals surface area (Å²) in [5.74, 6) is -0.283. The van der Waals surface area contributed by atoms with Crippen LogP contribution in [0.3, 0.4) is 0 Å². The molecule has 1 aliphatic carbocycles. The Morgan fingerprint density at radius 1 is 1.32 bits per heavy atom. The molecule has 3 rings (SSSR count). The van der Waals surface area contributed by atoms with Gasteiger partial charge in [0.15, 0.2) is 0 Å². The summed E-state index contributed by atoms with van der Waals surface area (Å²) in [6, 6.07) is 3.98. The van der Waals surface area contributed by atoms with Gasteiger partial charge in [0, 0.05) is 29.7 Å². The summed E-state index contributed by atoms with van der Waals surface area (Å²) in [6.07, 6.45) is 5.42. The van der Waals surface area contributed by atoms with Crippen molar-refractivity contribution in [3.63, 3.8) is 0 Å². The standard InChI is InChI=1S/C18H25FN2O/c1-12-8-17(14(19)9-13(12)10-22)21-11-18(2,3)20-15-6-4-5-7-16(15)21/h8-10,15-16,20H,4-7,11H2,1-3H3/t15-,16-/m0/s1. The van der Waals surface area contributed by atoms with E-state index in [0.29, 0.717) is 23.3 Å². The van der Waals surface area contributed by atoms with Gasteiger partial charge in [0.05, 0.1) is 5.69 Å². The van der Waals surface area contributed by atoms with Crippen molar-refractivity contribution in [3.05, 3.63) is 29.1 Å². The Balaban J connectivity index is 2.00. The van der Waals surface area contributed by atoms with E-state index in [-0.39, 0.29) is 11.4 Å². The van der Waals surface area contributed by atoms with Gasteiger partial charge in [-0.1, -0.05) is 12.8 Å². The van der Waals surface area contributed by atoms with E-state index in [9.17, 15) is 9.18 Å². The molecule has 0 radical (unpaired) electrons. The van der Waals surface area contributed by atoms with Crippen molar-refractivity contribution in [2.45, 2.75) is 64.1 Å². The second kappa shape index (κ2) is 5.65. The number of aldehydes is 1. The summed E-state index contributed by atoms with van der Waals surface area (Å²) in [5.41, 5.74) is 1.89. The van der Waals surface area contributed by atoms with Crippen molar-refractivity contribution >= 4 is 12.0 Å². The molecule has 1 aliphatic heterocycles. The highest BCUT2D eigenvalue weighted by Gasteiger charge is 2.41. The largest absolute Gasteiger partial charge is 0.363 e. The summed E-state index contributed by atoms with van der Waals surface area (Å²) in [5, 5.41) is 3.73. The fraction of sp³-hybridized carbons (Fsp3) is 0.611. The predicted molar refractivity (Wildman–Crippen MR) is 87.1 cm³/mol. The van der Waals surface area contributed by atoms with E-state index in [4.69, 9.17) is 0 Å². The number of benzene rings is 1. The van der Waals surface area contributed by atoms with Gasteiger partial charge in [-0.3, -0.25) is 4.79 Å². The lowest BCUT2D eigenvalue weighted by atomic mass is 9.83. The molecule has 1 N–H and O–H groups in total. The number of halogens is 1. The van der Waals surface area contributed by atoms with Crippen molar-refractivity contribution in [3.8, 4) is 0 Å². The molecule has 1 heterocycles. The highest BCUT2D eigenvalue weighted by molar-refractivity contribution is 5.78. The van der Waals surface area contributed by atoms with Crippen LogP contribution in [0.15, 0.2) is 12.1 Å². The molecule has 1 aromatic rings. The van der Waals surface area contributed by atoms with Gasteiger partial charge in [-0.2, -0.15) is 0 Å². The zero-order valence-electron chi connectivity index (χ0n) is 13.7. The molecule has 2 atom stereocenters. The molecule has 120 valence electrons. The average molecular weight is 304 g/mol. The Bertz CT molecular complexity index is 585. The Labute approximate surface area is 131 Å². The number of hydrogen-bond donors (Lipinski definition) is 1. The molecule has 22 heavy (non-hydrogen) atoms. The van der Waals surface area contributed by atoms with Crippen LogP contribution in [-0.4, -0.2) is 30.5 Å². The molecular formula is C18H25FN2O. The first kappa shape index (κ1) is 15.5. The second-order valence-corrected chi connectivity index (χ2v) is 7.39. The van der Waals surface area contributed by atoms with E-state index < -0.39 is 0 Å². The molecule has 1 saturated carbocycles. The normalized spacial score (nSPS) is 27.4. The molecular weight excluding hydrogens is 279 g/mol. The summed E-state index contributed by atoms with van der Waals surface area (Å²) < 4.78 is 14.6. The van der Waals surface area contributed by atoms with Crippen LogP contribution in [0.25, 0.3) is 0 Å². The van der Waals surface area contributed by atoms with Gasteiger partial charge in [0.25, 0.3) is 0 Å². The SMILES string of the molecule is Cc1cc(N2CC(C)(C)N[C@H]3CCCC[C@@H]32)c(F)cc1C=O. The van der Waals surface area contributed by atoms with Crippen LogP contribution in [-0.2, 0) is 0 Å². The number of fused-ring (bicyclic) bond motifs is 1. The van der Waals surface area contributed by atoms with E-state index in [1.807, 2.05) is 13.0 Å². The van der Waals surface area contributed by atoms with Gasteiger partial charge in [-0.05, 0) is 51.3 Å². The number of piperazine rings is 1. The third-order valence-electron chi connectivity index (χ3n) is 5.04. The van der Waals surface area contributed by atoms with Crippen molar-refractivity contribution in [1.82, 2.24) is 5.32 Å². The highest BCUT2D eigenvalue weighted by atomic mass is 19.1. The molecule has 2 aliphatic rings. The highest BCUT2D eigenvalue weighted by Crippen LogP contribution is 2.35. The minimum absolute atomic E-state index is 0.0395. The maximum atomic E-state index is 14.6. The maximum Gasteiger partial charge on any atom is 0.150 e. The minimum atomic E-state index is -0.283. The number of hydrogen-bond acceptors (Lipinski definition) is 3. The van der Waals surface area contributed by atoms with Crippen LogP contribution in [0, 0.1) is 12.7 Å². The van der Waals surface area contributed by atoms with Crippen molar-refractivity contribution in [2.24, 2.45) is 0 Å². The van der Waals surface area contributed by atoms with Crippen LogP contribution in [0.1, 0.15) is 55.5 Å². The van der Waals surface area contributed by atoms with Crippen LogP contribution in [0.5, 0.6) is 0 Å². The molecule has 4 heteroatoms. The topological polar surface area (TPSA) is 32.3 Å². The van der Waals surface area contributed by atoms with E-state index >= 15 is 0 Å². The van der Waals surface area contributed by atoms with E-state index in [1.54, 1.807) is 0 Å². The van der Waals surface area contributed by atoms with Crippen molar-refractivity contribution in [1.29, 1.82) is 0 Å². The molecule has 0 spiro atoms. The summed E-state index contributed by atoms with van der Waals surface area (Å²) in [6.45, 7) is 7.01. The molecule has 1 saturated heterocycles. The quantitative estimate of drug-likeness (QED) is 0.849. The fourth-order valence-corrected chi connectivity index (χ4v) is 4.04. The summed E-state index contributed by atoms with van der Waals surface area (Å²) >= 11 is 0. The zero-order valence-corrected chi connectivity index (χ0v) is 13.7. The smallest absolute Gasteiger partial charge is 0.150 e. The van der Waals surface area contributed by atoms with Crippen molar-refractivity contribution in [2.75, 3.05) is 11.4 Å². The fourth-order valence-electron chi connectivity index (χ4n) is 4.04. The number of rotatable bonds is 2. The van der Waals surface area contributed by atoms with E-state index in [0.717, 1.165) is 31.2 Å². The molecule has 0 unspecified atom stereocenters. The van der Waals surface area contributed by atoms with Crippen molar-refractivity contribution < 1.29 is 9.18 Å². The third-order valence-corrected chi connectivity index (χ3v) is 5.04. The third kappa shape index (κ3) is 2.76. The second-order valence-electron chi connectivity index (χ2n) is 7.39. The van der Waals surface area contributed by atoms with Gasteiger partial charge in [-0.25, -0.2) is 4.39 Å². The predicted octanol–water partition coefficient (Wildman–Crippen LogP) is 3.45. The van der Waals surface area contributed by atoms with Gasteiger partial charge < -0.3 is 10.2 Å². The molecule has 1 aromatic carbocycles. The number of anilines is 1. The van der Waals surface area contributed by atoms with E-state index in [2.05, 4.69) is 24.1 Å². The Kier molecular flexibility index (Phi) is 3.98. The van der Waals surface area contributed by atoms with Crippen LogP contribution in [0.4, 0.5) is 10.1 Å². The van der Waals surface area contributed by atoms with Crippen LogP contribution in [0.2, 0.25) is 0 Å². The number of carbonyl (C=O) groups is 1. The lowest BCUT2D eigenvalue weighted by molar-refractivity contribution is 0.112. The monoisotopic (exact) mass is 304 g/mol. The zero-order chi connectivity index (χ0) is 15.9. The number of nitrogens with one attached hydrogen (secondary N) is 1. The molecule has 2 fully saturated rings. The summed E-state index contributed by atoms with van der Waals surface area (Å²) in [4.78, 5) is 13.2. The van der Waals surface area contributed by atoms with Gasteiger partial charge in [-0.15, -0.1) is 0 Å². The first-order valence-corrected chi connectivity index (χ1v) is 8.21. The number of aryl methyl sites for hydroxylation is 1. The lowest BCUT2D eigenvalue weighted by Crippen LogP contribution is -2.67. The van der Waals surface area contributed by atoms with Gasteiger partial charge in [0.1, 0.15) is 12.1 Å². The molecule has 3 nitrogen and oxygen atoms in total. The van der Waals surface area contributed by atoms with Gasteiger partial charge in [0.2, 0.25) is 0 Å². The molecule has 0 bridgehead atoms. The van der Waals surface area contributed by atoms with Gasteiger partial charge >= 0.3 is 0 Å². The first-order valence-electron chi connectivity index (χ1n) is 8.21. The Morgan fingerprint density at radius 3 is 2.77 bits per heavy atom. The number of carbonyl (C=O) groups excluding carboxylic acids is 1. The number of nitrogens with zero attached hydrogens (tertiary/aromatic N) is 1. The Hall–Kier alpha value is -1.42. The lowest BCUT2D eigenvalue weighted by Gasteiger charge is -2.52. The van der Waals surface area contributed by atoms with Crippen LogP contribution >= 0.6 is 0 Å². The maximum absolute atomic E-state index is 14.6. The Morgan fingerprint density at radius 2 is 2.05 bits per heavy atom. The first-order chi connectivity index (χ1) is 10.4. The molecule has 0 aromatic heterocycles. The molecule has 0 amide bonds. The minimum Gasteiger partial charge on any atom is -0.363 e. The van der Waals surface area contributed by atoms with E-state index in [1.165, 1.54) is 18.9 Å².